The van der Waals surface area contributed by atoms with E-state index < -0.39 is 0 Å². The summed E-state index contributed by atoms with van der Waals surface area (Å²) in [4.78, 5) is 0. The van der Waals surface area contributed by atoms with Crippen molar-refractivity contribution in [1.29, 1.82) is 0 Å². The molecule has 2 nitrogen and oxygen atoms in total. The van der Waals surface area contributed by atoms with Crippen molar-refractivity contribution in [3.8, 4) is 0 Å². The van der Waals surface area contributed by atoms with Crippen molar-refractivity contribution >= 4 is 23.3 Å². The SMILES string of the molecule is C=Cc1ccc(/C(C)=C/C(NC(=C)N)=C(\C)C(=C)C)cc1Cl. The first-order chi connectivity index (χ1) is 10.3. The average molecular weight is 315 g/mol. The van der Waals surface area contributed by atoms with E-state index in [9.17, 15) is 0 Å². The summed E-state index contributed by atoms with van der Waals surface area (Å²) in [6.07, 6.45) is 3.75. The van der Waals surface area contributed by atoms with Gasteiger partial charge in [-0.1, -0.05) is 55.1 Å². The Hall–Kier alpha value is -2.19. The van der Waals surface area contributed by atoms with E-state index in [-0.39, 0.29) is 0 Å². The largest absolute Gasteiger partial charge is 0.386 e. The van der Waals surface area contributed by atoms with Crippen LogP contribution in [0.5, 0.6) is 0 Å². The molecule has 0 spiro atoms. The molecule has 0 radical (unpaired) electrons. The lowest BCUT2D eigenvalue weighted by Gasteiger charge is -2.13. The van der Waals surface area contributed by atoms with E-state index in [1.807, 2.05) is 45.0 Å². The van der Waals surface area contributed by atoms with Crippen LogP contribution in [0.4, 0.5) is 0 Å². The number of nitrogens with one attached hydrogen (secondary N) is 1. The van der Waals surface area contributed by atoms with Crippen molar-refractivity contribution in [1.82, 2.24) is 5.32 Å². The van der Waals surface area contributed by atoms with Crippen LogP contribution in [-0.4, -0.2) is 0 Å². The van der Waals surface area contributed by atoms with Crippen LogP contribution in [0.3, 0.4) is 0 Å². The van der Waals surface area contributed by atoms with Crippen molar-refractivity contribution in [3.05, 3.63) is 82.8 Å². The predicted molar refractivity (Wildman–Crippen MR) is 99.2 cm³/mol. The summed E-state index contributed by atoms with van der Waals surface area (Å²) in [5, 5.41) is 3.75. The lowest BCUT2D eigenvalue weighted by molar-refractivity contribution is 0.966. The summed E-state index contributed by atoms with van der Waals surface area (Å²) >= 11 is 6.23. The van der Waals surface area contributed by atoms with Crippen molar-refractivity contribution in [2.24, 2.45) is 5.73 Å². The van der Waals surface area contributed by atoms with E-state index in [1.54, 1.807) is 6.08 Å². The Morgan fingerprint density at radius 1 is 1.23 bits per heavy atom. The second-order valence-corrected chi connectivity index (χ2v) is 5.64. The van der Waals surface area contributed by atoms with E-state index >= 15 is 0 Å². The van der Waals surface area contributed by atoms with Gasteiger partial charge < -0.3 is 11.1 Å². The Kier molecular flexibility index (Phi) is 6.26. The third-order valence-electron chi connectivity index (χ3n) is 3.38. The number of nitrogens with two attached hydrogens (primary N) is 1. The van der Waals surface area contributed by atoms with Crippen LogP contribution >= 0.6 is 11.6 Å². The van der Waals surface area contributed by atoms with Gasteiger partial charge in [-0.15, -0.1) is 0 Å². The lowest BCUT2D eigenvalue weighted by atomic mass is 10.0. The molecule has 0 unspecified atom stereocenters. The molecule has 0 amide bonds. The van der Waals surface area contributed by atoms with Gasteiger partial charge in [0.1, 0.15) is 0 Å². The van der Waals surface area contributed by atoms with E-state index in [4.69, 9.17) is 17.3 Å². The fourth-order valence-corrected chi connectivity index (χ4v) is 2.14. The Balaban J connectivity index is 3.29. The van der Waals surface area contributed by atoms with Gasteiger partial charge in [0.2, 0.25) is 0 Å². The first-order valence-electron chi connectivity index (χ1n) is 6.95. The molecule has 3 heteroatoms. The second-order valence-electron chi connectivity index (χ2n) is 5.24. The Morgan fingerprint density at radius 3 is 2.32 bits per heavy atom. The molecule has 116 valence electrons. The fourth-order valence-electron chi connectivity index (χ4n) is 1.88. The smallest absolute Gasteiger partial charge is 0.0930 e. The van der Waals surface area contributed by atoms with Crippen LogP contribution in [0, 0.1) is 0 Å². The predicted octanol–water partition coefficient (Wildman–Crippen LogP) is 5.26. The van der Waals surface area contributed by atoms with E-state index in [0.717, 1.165) is 33.5 Å². The quantitative estimate of drug-likeness (QED) is 0.703. The molecular formula is C19H23ClN2. The zero-order valence-corrected chi connectivity index (χ0v) is 14.2. The molecule has 1 rings (SSSR count). The van der Waals surface area contributed by atoms with Gasteiger partial charge in [-0.25, -0.2) is 0 Å². The van der Waals surface area contributed by atoms with Crippen LogP contribution in [0.2, 0.25) is 5.02 Å². The molecular weight excluding hydrogens is 292 g/mol. The molecule has 1 aromatic rings. The molecule has 0 saturated carbocycles. The number of allylic oxidation sites excluding steroid dienone is 4. The molecule has 1 aromatic carbocycles. The van der Waals surface area contributed by atoms with Gasteiger partial charge >= 0.3 is 0 Å². The Bertz CT molecular complexity index is 679. The summed E-state index contributed by atoms with van der Waals surface area (Å²) < 4.78 is 0. The molecule has 3 N–H and O–H groups in total. The molecule has 0 aliphatic rings. The van der Waals surface area contributed by atoms with Gasteiger partial charge in [-0.2, -0.15) is 0 Å². The van der Waals surface area contributed by atoms with Gasteiger partial charge in [0.25, 0.3) is 0 Å². The van der Waals surface area contributed by atoms with E-state index in [2.05, 4.69) is 25.1 Å². The Morgan fingerprint density at radius 2 is 1.86 bits per heavy atom. The molecule has 0 atom stereocenters. The minimum atomic E-state index is 0.389. The van der Waals surface area contributed by atoms with Gasteiger partial charge in [-0.05, 0) is 55.2 Å². The number of benzene rings is 1. The van der Waals surface area contributed by atoms with Crippen molar-refractivity contribution < 1.29 is 0 Å². The minimum absolute atomic E-state index is 0.389. The maximum Gasteiger partial charge on any atom is 0.0930 e. The maximum absolute atomic E-state index is 6.23. The molecule has 0 heterocycles. The molecule has 22 heavy (non-hydrogen) atoms. The third kappa shape index (κ3) is 4.68. The van der Waals surface area contributed by atoms with Crippen molar-refractivity contribution in [2.45, 2.75) is 20.8 Å². The maximum atomic E-state index is 6.23. The second kappa shape index (κ2) is 7.71. The fraction of sp³-hybridized carbons (Fsp3) is 0.158. The van der Waals surface area contributed by atoms with Gasteiger partial charge in [-0.3, -0.25) is 0 Å². The molecule has 0 saturated heterocycles. The highest BCUT2D eigenvalue weighted by molar-refractivity contribution is 6.32. The van der Waals surface area contributed by atoms with Crippen molar-refractivity contribution in [2.75, 3.05) is 0 Å². The van der Waals surface area contributed by atoms with Crippen LogP contribution in [0.25, 0.3) is 11.6 Å². The van der Waals surface area contributed by atoms with Gasteiger partial charge in [0.05, 0.1) is 5.82 Å². The number of rotatable bonds is 6. The zero-order chi connectivity index (χ0) is 16.9. The van der Waals surface area contributed by atoms with Crippen LogP contribution in [0.15, 0.2) is 66.7 Å². The highest BCUT2D eigenvalue weighted by atomic mass is 35.5. The summed E-state index contributed by atoms with van der Waals surface area (Å²) in [5.74, 6) is 0.389. The molecule has 0 aliphatic heterocycles. The monoisotopic (exact) mass is 314 g/mol. The highest BCUT2D eigenvalue weighted by Crippen LogP contribution is 2.25. The summed E-state index contributed by atoms with van der Waals surface area (Å²) in [6, 6.07) is 5.89. The van der Waals surface area contributed by atoms with E-state index in [0.29, 0.717) is 10.8 Å². The summed E-state index contributed by atoms with van der Waals surface area (Å²) in [5.41, 5.74) is 11.6. The lowest BCUT2D eigenvalue weighted by Crippen LogP contribution is -2.18. The number of halogens is 1. The van der Waals surface area contributed by atoms with Crippen molar-refractivity contribution in [3.63, 3.8) is 0 Å². The minimum Gasteiger partial charge on any atom is -0.386 e. The number of hydrogen-bond donors (Lipinski definition) is 2. The topological polar surface area (TPSA) is 38.0 Å². The summed E-state index contributed by atoms with van der Waals surface area (Å²) in [7, 11) is 0. The first kappa shape index (κ1) is 17.9. The summed E-state index contributed by atoms with van der Waals surface area (Å²) in [6.45, 7) is 17.4. The van der Waals surface area contributed by atoms with Gasteiger partial charge in [0.15, 0.2) is 0 Å². The number of hydrogen-bond acceptors (Lipinski definition) is 2. The molecule has 0 aromatic heterocycles. The van der Waals surface area contributed by atoms with Crippen LogP contribution < -0.4 is 11.1 Å². The standard InChI is InChI=1S/C19H23ClN2/c1-7-16-8-9-17(11-18(16)20)13(4)10-19(22-15(6)21)14(5)12(2)3/h7-11,22H,1-2,6,21H2,3-5H3/b13-10+,19-14-. The normalized spacial score (nSPS) is 12.5. The first-order valence-corrected chi connectivity index (χ1v) is 7.33. The van der Waals surface area contributed by atoms with Crippen LogP contribution in [-0.2, 0) is 0 Å². The molecule has 0 fully saturated rings. The Labute approximate surface area is 138 Å². The molecule has 0 bridgehead atoms. The molecule has 0 aliphatic carbocycles. The highest BCUT2D eigenvalue weighted by Gasteiger charge is 2.05. The van der Waals surface area contributed by atoms with Gasteiger partial charge in [0, 0.05) is 10.7 Å². The van der Waals surface area contributed by atoms with E-state index in [1.165, 1.54) is 0 Å². The van der Waals surface area contributed by atoms with Crippen LogP contribution in [0.1, 0.15) is 31.9 Å². The third-order valence-corrected chi connectivity index (χ3v) is 3.70. The average Bonchev–Trinajstić information content (AvgIpc) is 2.44. The zero-order valence-electron chi connectivity index (χ0n) is 13.5.